The molecule has 3 rings (SSSR count). The van der Waals surface area contributed by atoms with Crippen LogP contribution in [0.15, 0.2) is 53.0 Å². The number of benzene rings is 2. The summed E-state index contributed by atoms with van der Waals surface area (Å²) >= 11 is 9.61. The van der Waals surface area contributed by atoms with Gasteiger partial charge < -0.3 is 10.6 Å². The Labute approximate surface area is 130 Å². The lowest BCUT2D eigenvalue weighted by molar-refractivity contribution is -0.126. The van der Waals surface area contributed by atoms with E-state index in [1.165, 1.54) is 0 Å². The van der Waals surface area contributed by atoms with Crippen LogP contribution in [0.3, 0.4) is 0 Å². The van der Waals surface area contributed by atoms with Gasteiger partial charge in [-0.05, 0) is 35.9 Å². The van der Waals surface area contributed by atoms with Crippen LogP contribution >= 0.6 is 27.5 Å². The van der Waals surface area contributed by atoms with E-state index in [9.17, 15) is 4.79 Å². The third-order valence-corrected chi connectivity index (χ3v) is 4.34. The van der Waals surface area contributed by atoms with E-state index in [0.717, 1.165) is 15.7 Å². The van der Waals surface area contributed by atoms with Crippen LogP contribution in [0.25, 0.3) is 0 Å². The van der Waals surface area contributed by atoms with Crippen molar-refractivity contribution in [3.8, 4) is 0 Å². The van der Waals surface area contributed by atoms with E-state index in [-0.39, 0.29) is 11.9 Å². The van der Waals surface area contributed by atoms with Gasteiger partial charge in [0.05, 0.1) is 6.04 Å². The van der Waals surface area contributed by atoms with Gasteiger partial charge in [-0.3, -0.25) is 4.79 Å². The summed E-state index contributed by atoms with van der Waals surface area (Å²) in [7, 11) is 0. The van der Waals surface area contributed by atoms with Gasteiger partial charge in [-0.2, -0.15) is 0 Å². The minimum Gasteiger partial charge on any atom is -0.318 e. The van der Waals surface area contributed by atoms with Crippen LogP contribution in [0.4, 0.5) is 5.69 Å². The summed E-state index contributed by atoms with van der Waals surface area (Å²) in [6.07, 6.45) is 0. The third kappa shape index (κ3) is 2.14. The Bertz CT molecular complexity index is 659. The quantitative estimate of drug-likeness (QED) is 0.842. The highest BCUT2D eigenvalue weighted by Crippen LogP contribution is 2.40. The van der Waals surface area contributed by atoms with Crippen molar-refractivity contribution in [2.75, 3.05) is 4.90 Å². The van der Waals surface area contributed by atoms with Crippen LogP contribution in [-0.4, -0.2) is 11.9 Å². The maximum Gasteiger partial charge on any atom is 0.247 e. The number of amides is 1. The molecule has 2 aromatic rings. The number of nitrogens with zero attached hydrogens (tertiary/aromatic N) is 1. The molecule has 1 saturated heterocycles. The smallest absolute Gasteiger partial charge is 0.247 e. The third-order valence-electron chi connectivity index (χ3n) is 3.47. The van der Waals surface area contributed by atoms with Crippen LogP contribution in [-0.2, 0) is 4.79 Å². The minimum absolute atomic E-state index is 0.0859. The average molecular weight is 352 g/mol. The molecule has 1 aliphatic heterocycles. The second-order valence-electron chi connectivity index (χ2n) is 4.68. The van der Waals surface area contributed by atoms with Gasteiger partial charge in [-0.15, -0.1) is 0 Å². The van der Waals surface area contributed by atoms with E-state index in [1.54, 1.807) is 4.90 Å². The summed E-state index contributed by atoms with van der Waals surface area (Å²) in [6, 6.07) is 14.3. The molecule has 20 heavy (non-hydrogen) atoms. The van der Waals surface area contributed by atoms with Crippen LogP contribution in [0.5, 0.6) is 0 Å². The van der Waals surface area contributed by atoms with Crippen molar-refractivity contribution in [3.63, 3.8) is 0 Å². The molecule has 0 spiro atoms. The molecular formula is C15H12BrClN2O. The Morgan fingerprint density at radius 1 is 1.10 bits per heavy atom. The highest BCUT2D eigenvalue weighted by molar-refractivity contribution is 9.10. The summed E-state index contributed by atoms with van der Waals surface area (Å²) in [4.78, 5) is 13.8. The molecule has 2 aromatic carbocycles. The average Bonchev–Trinajstić information content (AvgIpc) is 2.46. The van der Waals surface area contributed by atoms with Crippen molar-refractivity contribution in [3.05, 3.63) is 63.6 Å². The maximum atomic E-state index is 12.1. The van der Waals surface area contributed by atoms with Crippen molar-refractivity contribution < 1.29 is 4.79 Å². The largest absolute Gasteiger partial charge is 0.318 e. The summed E-state index contributed by atoms with van der Waals surface area (Å²) in [5, 5.41) is 0.627. The number of carbonyl (C=O) groups excluding carboxylic acids is 1. The predicted molar refractivity (Wildman–Crippen MR) is 83.8 cm³/mol. The number of hydrogen-bond acceptors (Lipinski definition) is 2. The lowest BCUT2D eigenvalue weighted by Crippen LogP contribution is -2.63. The summed E-state index contributed by atoms with van der Waals surface area (Å²) in [5.41, 5.74) is 7.67. The van der Waals surface area contributed by atoms with Crippen molar-refractivity contribution in [2.24, 2.45) is 5.73 Å². The fourth-order valence-corrected chi connectivity index (χ4v) is 2.96. The Morgan fingerprint density at radius 3 is 2.40 bits per heavy atom. The molecule has 0 saturated carbocycles. The highest BCUT2D eigenvalue weighted by Gasteiger charge is 2.47. The second-order valence-corrected chi connectivity index (χ2v) is 6.00. The molecule has 0 aliphatic carbocycles. The van der Waals surface area contributed by atoms with Gasteiger partial charge in [-0.25, -0.2) is 0 Å². The van der Waals surface area contributed by atoms with Gasteiger partial charge in [0, 0.05) is 15.2 Å². The van der Waals surface area contributed by atoms with E-state index in [2.05, 4.69) is 15.9 Å². The number of rotatable bonds is 2. The van der Waals surface area contributed by atoms with Gasteiger partial charge in [0.15, 0.2) is 0 Å². The zero-order valence-corrected chi connectivity index (χ0v) is 12.8. The Morgan fingerprint density at radius 2 is 1.75 bits per heavy atom. The molecule has 0 aromatic heterocycles. The van der Waals surface area contributed by atoms with Gasteiger partial charge in [0.2, 0.25) is 5.91 Å². The van der Waals surface area contributed by atoms with Crippen molar-refractivity contribution >= 4 is 39.1 Å². The number of β-lactam (4-membered cyclic amide) rings is 1. The standard InChI is InChI=1S/C15H12BrClN2O/c16-9-5-7-10(8-6-9)19-14(13(18)15(19)20)11-3-1-2-4-12(11)17/h1-8,13-14H,18H2/t13-,14+/m1/s1. The number of nitrogens with two attached hydrogens (primary N) is 1. The topological polar surface area (TPSA) is 46.3 Å². The summed E-state index contributed by atoms with van der Waals surface area (Å²) in [6.45, 7) is 0. The van der Waals surface area contributed by atoms with Crippen LogP contribution in [0.2, 0.25) is 5.02 Å². The molecule has 2 atom stereocenters. The fourth-order valence-electron chi connectivity index (χ4n) is 2.45. The molecule has 1 fully saturated rings. The van der Waals surface area contributed by atoms with E-state index >= 15 is 0 Å². The molecule has 0 unspecified atom stereocenters. The van der Waals surface area contributed by atoms with Crippen molar-refractivity contribution in [2.45, 2.75) is 12.1 Å². The normalized spacial score (nSPS) is 21.8. The molecule has 102 valence electrons. The van der Waals surface area contributed by atoms with Gasteiger partial charge >= 0.3 is 0 Å². The molecule has 2 N–H and O–H groups in total. The SMILES string of the molecule is N[C@H]1C(=O)N(c2ccc(Br)cc2)[C@H]1c1ccccc1Cl. The monoisotopic (exact) mass is 350 g/mol. The number of carbonyl (C=O) groups is 1. The molecule has 1 amide bonds. The summed E-state index contributed by atoms with van der Waals surface area (Å²) < 4.78 is 0.966. The van der Waals surface area contributed by atoms with Gasteiger partial charge in [-0.1, -0.05) is 45.7 Å². The van der Waals surface area contributed by atoms with Crippen molar-refractivity contribution in [1.29, 1.82) is 0 Å². The molecule has 3 nitrogen and oxygen atoms in total. The molecule has 1 aliphatic rings. The Balaban J connectivity index is 2.00. The first kappa shape index (κ1) is 13.6. The summed E-state index contributed by atoms with van der Waals surface area (Å²) in [5.74, 6) is -0.0859. The van der Waals surface area contributed by atoms with Crippen molar-refractivity contribution in [1.82, 2.24) is 0 Å². The lowest BCUT2D eigenvalue weighted by Gasteiger charge is -2.45. The predicted octanol–water partition coefficient (Wildman–Crippen LogP) is 3.52. The first-order valence-corrected chi connectivity index (χ1v) is 7.35. The van der Waals surface area contributed by atoms with Crippen LogP contribution in [0, 0.1) is 0 Å². The number of halogens is 2. The minimum atomic E-state index is -0.543. The van der Waals surface area contributed by atoms with E-state index in [0.29, 0.717) is 5.02 Å². The van der Waals surface area contributed by atoms with Gasteiger partial charge in [0.25, 0.3) is 0 Å². The zero-order chi connectivity index (χ0) is 14.3. The zero-order valence-electron chi connectivity index (χ0n) is 10.5. The molecule has 0 bridgehead atoms. The second kappa shape index (κ2) is 5.20. The van der Waals surface area contributed by atoms with Gasteiger partial charge in [0.1, 0.15) is 6.04 Å². The molecular weight excluding hydrogens is 340 g/mol. The maximum absolute atomic E-state index is 12.1. The van der Waals surface area contributed by atoms with Crippen LogP contribution in [0.1, 0.15) is 11.6 Å². The lowest BCUT2D eigenvalue weighted by atomic mass is 9.88. The Hall–Kier alpha value is -1.36. The molecule has 1 heterocycles. The van der Waals surface area contributed by atoms with E-state index < -0.39 is 6.04 Å². The van der Waals surface area contributed by atoms with Crippen LogP contribution < -0.4 is 10.6 Å². The fraction of sp³-hybridized carbons (Fsp3) is 0.133. The van der Waals surface area contributed by atoms with E-state index in [4.69, 9.17) is 17.3 Å². The van der Waals surface area contributed by atoms with E-state index in [1.807, 2.05) is 48.5 Å². The first-order valence-electron chi connectivity index (χ1n) is 6.18. The highest BCUT2D eigenvalue weighted by atomic mass is 79.9. The molecule has 5 heteroatoms. The first-order chi connectivity index (χ1) is 9.59. The molecule has 0 radical (unpaired) electrons. The number of anilines is 1. The number of hydrogen-bond donors (Lipinski definition) is 1. The Kier molecular flexibility index (Phi) is 3.54.